The van der Waals surface area contributed by atoms with E-state index in [0.717, 1.165) is 37.4 Å². The molecule has 0 atom stereocenters. The highest BCUT2D eigenvalue weighted by Gasteiger charge is 2.39. The molecule has 2 aliphatic rings. The first-order chi connectivity index (χ1) is 11.5. The van der Waals surface area contributed by atoms with E-state index in [9.17, 15) is 13.2 Å². The van der Waals surface area contributed by atoms with Gasteiger partial charge in [-0.15, -0.1) is 0 Å². The van der Waals surface area contributed by atoms with Crippen LogP contribution < -0.4 is 10.6 Å². The SMILES string of the molecule is CCNC(=NCC1(N2CCSCC2)CCCC1)NCCC(F)(F)F. The molecule has 0 bridgehead atoms. The third-order valence-corrected chi connectivity index (χ3v) is 5.74. The molecule has 1 saturated carbocycles. The van der Waals surface area contributed by atoms with Crippen molar-refractivity contribution in [1.82, 2.24) is 15.5 Å². The van der Waals surface area contributed by atoms with Gasteiger partial charge in [0.2, 0.25) is 0 Å². The Morgan fingerprint density at radius 1 is 1.17 bits per heavy atom. The molecule has 0 spiro atoms. The summed E-state index contributed by atoms with van der Waals surface area (Å²) in [6, 6.07) is 0. The zero-order valence-electron chi connectivity index (χ0n) is 14.4. The number of hydrogen-bond acceptors (Lipinski definition) is 3. The number of nitrogens with one attached hydrogen (secondary N) is 2. The minimum Gasteiger partial charge on any atom is -0.357 e. The smallest absolute Gasteiger partial charge is 0.357 e. The zero-order valence-corrected chi connectivity index (χ0v) is 15.2. The molecule has 0 radical (unpaired) electrons. The summed E-state index contributed by atoms with van der Waals surface area (Å²) in [4.78, 5) is 7.21. The Balaban J connectivity index is 1.95. The normalized spacial score (nSPS) is 22.6. The molecule has 2 fully saturated rings. The maximum Gasteiger partial charge on any atom is 0.390 e. The number of alkyl halides is 3. The number of rotatable bonds is 6. The fourth-order valence-electron chi connectivity index (χ4n) is 3.54. The fourth-order valence-corrected chi connectivity index (χ4v) is 4.44. The van der Waals surface area contributed by atoms with Crippen LogP contribution in [0.3, 0.4) is 0 Å². The molecule has 1 aliphatic heterocycles. The summed E-state index contributed by atoms with van der Waals surface area (Å²) in [5.74, 6) is 2.82. The maximum absolute atomic E-state index is 12.3. The quantitative estimate of drug-likeness (QED) is 0.560. The second-order valence-corrected chi connectivity index (χ2v) is 7.74. The molecule has 1 aliphatic carbocycles. The molecular weight excluding hydrogens is 337 g/mol. The summed E-state index contributed by atoms with van der Waals surface area (Å²) < 4.78 is 37.0. The predicted octanol–water partition coefficient (Wildman–Crippen LogP) is 2.86. The minimum atomic E-state index is -4.14. The van der Waals surface area contributed by atoms with Gasteiger partial charge in [0.1, 0.15) is 0 Å². The third kappa shape index (κ3) is 6.02. The summed E-state index contributed by atoms with van der Waals surface area (Å²) in [6.07, 6.45) is -0.255. The molecule has 24 heavy (non-hydrogen) atoms. The van der Waals surface area contributed by atoms with E-state index < -0.39 is 12.6 Å². The van der Waals surface area contributed by atoms with E-state index in [1.807, 2.05) is 18.7 Å². The number of halogens is 3. The number of aliphatic imine (C=N–C) groups is 1. The lowest BCUT2D eigenvalue weighted by Gasteiger charge is -2.42. The molecule has 140 valence electrons. The van der Waals surface area contributed by atoms with Crippen LogP contribution >= 0.6 is 11.8 Å². The first kappa shape index (κ1) is 19.7. The Hall–Kier alpha value is -0.630. The van der Waals surface area contributed by atoms with Crippen molar-refractivity contribution in [2.24, 2.45) is 4.99 Å². The molecular formula is C16H29F3N4S. The Morgan fingerprint density at radius 2 is 1.83 bits per heavy atom. The molecule has 1 heterocycles. The van der Waals surface area contributed by atoms with Crippen molar-refractivity contribution >= 4 is 17.7 Å². The lowest BCUT2D eigenvalue weighted by molar-refractivity contribution is -0.132. The average Bonchev–Trinajstić information content (AvgIpc) is 3.02. The van der Waals surface area contributed by atoms with Gasteiger partial charge in [0, 0.05) is 43.2 Å². The summed E-state index contributed by atoms with van der Waals surface area (Å²) in [5, 5.41) is 5.88. The van der Waals surface area contributed by atoms with E-state index in [0.29, 0.717) is 19.0 Å². The number of guanidine groups is 1. The van der Waals surface area contributed by atoms with Gasteiger partial charge >= 0.3 is 6.18 Å². The lowest BCUT2D eigenvalue weighted by atomic mass is 9.95. The molecule has 0 aromatic heterocycles. The summed E-state index contributed by atoms with van der Waals surface area (Å²) >= 11 is 1.99. The first-order valence-electron chi connectivity index (χ1n) is 8.87. The Kier molecular flexibility index (Phi) is 7.53. The zero-order chi connectivity index (χ0) is 17.5. The Labute approximate surface area is 147 Å². The predicted molar refractivity (Wildman–Crippen MR) is 94.8 cm³/mol. The number of thioether (sulfide) groups is 1. The number of nitrogens with zero attached hydrogens (tertiary/aromatic N) is 2. The topological polar surface area (TPSA) is 39.7 Å². The summed E-state index contributed by atoms with van der Waals surface area (Å²) in [6.45, 7) is 5.29. The van der Waals surface area contributed by atoms with Crippen molar-refractivity contribution in [2.45, 2.75) is 50.7 Å². The molecule has 2 rings (SSSR count). The van der Waals surface area contributed by atoms with Gasteiger partial charge in [-0.3, -0.25) is 9.89 Å². The van der Waals surface area contributed by atoms with Crippen LogP contribution in [-0.4, -0.2) is 66.8 Å². The third-order valence-electron chi connectivity index (χ3n) is 4.79. The van der Waals surface area contributed by atoms with Crippen LogP contribution in [0.2, 0.25) is 0 Å². The van der Waals surface area contributed by atoms with Gasteiger partial charge in [-0.2, -0.15) is 24.9 Å². The summed E-state index contributed by atoms with van der Waals surface area (Å²) in [5.41, 5.74) is 0.105. The maximum atomic E-state index is 12.3. The van der Waals surface area contributed by atoms with Crippen LogP contribution in [0.4, 0.5) is 13.2 Å². The monoisotopic (exact) mass is 366 g/mol. The molecule has 0 unspecified atom stereocenters. The van der Waals surface area contributed by atoms with Gasteiger partial charge in [-0.05, 0) is 19.8 Å². The molecule has 0 amide bonds. The molecule has 2 N–H and O–H groups in total. The highest BCUT2D eigenvalue weighted by atomic mass is 32.2. The first-order valence-corrected chi connectivity index (χ1v) is 10.0. The van der Waals surface area contributed by atoms with Crippen molar-refractivity contribution in [2.75, 3.05) is 44.2 Å². The van der Waals surface area contributed by atoms with Crippen molar-refractivity contribution in [1.29, 1.82) is 0 Å². The van der Waals surface area contributed by atoms with Gasteiger partial charge in [0.25, 0.3) is 0 Å². The van der Waals surface area contributed by atoms with Gasteiger partial charge in [0.15, 0.2) is 5.96 Å². The lowest BCUT2D eigenvalue weighted by Crippen LogP contribution is -2.53. The van der Waals surface area contributed by atoms with Crippen molar-refractivity contribution in [3.05, 3.63) is 0 Å². The fraction of sp³-hybridized carbons (Fsp3) is 0.938. The van der Waals surface area contributed by atoms with Crippen LogP contribution in [0.1, 0.15) is 39.0 Å². The van der Waals surface area contributed by atoms with Crippen LogP contribution in [0, 0.1) is 0 Å². The van der Waals surface area contributed by atoms with Crippen LogP contribution in [0.25, 0.3) is 0 Å². The number of hydrogen-bond donors (Lipinski definition) is 2. The molecule has 0 aromatic rings. The second-order valence-electron chi connectivity index (χ2n) is 6.52. The minimum absolute atomic E-state index is 0.105. The average molecular weight is 366 g/mol. The van der Waals surface area contributed by atoms with Crippen LogP contribution in [0.15, 0.2) is 4.99 Å². The van der Waals surface area contributed by atoms with E-state index >= 15 is 0 Å². The Bertz CT molecular complexity index is 403. The second kappa shape index (κ2) is 9.17. The molecule has 0 aromatic carbocycles. The van der Waals surface area contributed by atoms with E-state index in [1.54, 1.807) is 0 Å². The van der Waals surface area contributed by atoms with Gasteiger partial charge < -0.3 is 10.6 Å². The van der Waals surface area contributed by atoms with E-state index in [1.165, 1.54) is 12.8 Å². The van der Waals surface area contributed by atoms with E-state index in [4.69, 9.17) is 0 Å². The van der Waals surface area contributed by atoms with Gasteiger partial charge in [-0.25, -0.2) is 0 Å². The van der Waals surface area contributed by atoms with E-state index in [-0.39, 0.29) is 12.1 Å². The van der Waals surface area contributed by atoms with Crippen molar-refractivity contribution in [3.8, 4) is 0 Å². The van der Waals surface area contributed by atoms with Crippen LogP contribution in [-0.2, 0) is 0 Å². The standard InChI is InChI=1S/C16H29F3N4S/c1-2-20-14(21-8-7-16(17,18)19)22-13-15(5-3-4-6-15)23-9-11-24-12-10-23/h2-13H2,1H3,(H2,20,21,22). The largest absolute Gasteiger partial charge is 0.390 e. The highest BCUT2D eigenvalue weighted by Crippen LogP contribution is 2.37. The van der Waals surface area contributed by atoms with Crippen molar-refractivity contribution in [3.63, 3.8) is 0 Å². The van der Waals surface area contributed by atoms with Gasteiger partial charge in [0.05, 0.1) is 13.0 Å². The van der Waals surface area contributed by atoms with E-state index in [2.05, 4.69) is 20.5 Å². The van der Waals surface area contributed by atoms with Crippen LogP contribution in [0.5, 0.6) is 0 Å². The molecule has 4 nitrogen and oxygen atoms in total. The highest BCUT2D eigenvalue weighted by molar-refractivity contribution is 7.99. The van der Waals surface area contributed by atoms with Gasteiger partial charge in [-0.1, -0.05) is 12.8 Å². The summed E-state index contributed by atoms with van der Waals surface area (Å²) in [7, 11) is 0. The molecule has 8 heteroatoms. The van der Waals surface area contributed by atoms with Crippen molar-refractivity contribution < 1.29 is 13.2 Å². The Morgan fingerprint density at radius 3 is 2.42 bits per heavy atom. The molecule has 1 saturated heterocycles.